The lowest BCUT2D eigenvalue weighted by Crippen LogP contribution is -2.42. The van der Waals surface area contributed by atoms with E-state index < -0.39 is 16.8 Å². The molecular weight excluding hydrogens is 252 g/mol. The van der Waals surface area contributed by atoms with E-state index >= 15 is 0 Å². The number of fused-ring (bicyclic) bond motifs is 2. The van der Waals surface area contributed by atoms with Gasteiger partial charge in [0.15, 0.2) is 4.91 Å². The van der Waals surface area contributed by atoms with Crippen molar-refractivity contribution in [3.8, 4) is 0 Å². The van der Waals surface area contributed by atoms with Gasteiger partial charge in [-0.1, -0.05) is 30.3 Å². The molecule has 4 nitrogen and oxygen atoms in total. The van der Waals surface area contributed by atoms with Crippen LogP contribution in [0.25, 0.3) is 0 Å². The van der Waals surface area contributed by atoms with Crippen LogP contribution in [0.15, 0.2) is 41.0 Å². The average Bonchev–Trinajstić information content (AvgIpc) is 2.37. The van der Waals surface area contributed by atoms with Crippen LogP contribution < -0.4 is 0 Å². The Morgan fingerprint density at radius 2 is 2.00 bits per heavy atom. The third kappa shape index (κ3) is 1.66. The number of hydrogen-bond donors (Lipinski definition) is 0. The van der Waals surface area contributed by atoms with Gasteiger partial charge in [-0.3, -0.25) is 4.21 Å². The number of esters is 1. The molecule has 0 spiro atoms. The maximum absolute atomic E-state index is 12.3. The maximum atomic E-state index is 12.3. The Hall–Kier alpha value is -1.62. The number of cyclic esters (lactones) is 1. The van der Waals surface area contributed by atoms with E-state index in [0.29, 0.717) is 5.76 Å². The largest absolute Gasteiger partial charge is 0.487 e. The van der Waals surface area contributed by atoms with E-state index in [9.17, 15) is 9.00 Å². The molecule has 1 fully saturated rings. The minimum absolute atomic E-state index is 0.141. The molecule has 2 bridgehead atoms. The molecule has 2 heterocycles. The summed E-state index contributed by atoms with van der Waals surface area (Å²) in [6, 6.07) is 9.58. The van der Waals surface area contributed by atoms with Crippen LogP contribution in [0.3, 0.4) is 0 Å². The summed E-state index contributed by atoms with van der Waals surface area (Å²) in [5.74, 6) is -0.114. The number of benzene rings is 1. The predicted octanol–water partition coefficient (Wildman–Crippen LogP) is 1.66. The van der Waals surface area contributed by atoms with Gasteiger partial charge in [0.05, 0.1) is 10.8 Å². The molecule has 0 aliphatic carbocycles. The van der Waals surface area contributed by atoms with Gasteiger partial charge < -0.3 is 9.47 Å². The van der Waals surface area contributed by atoms with Crippen molar-refractivity contribution in [1.29, 1.82) is 0 Å². The van der Waals surface area contributed by atoms with E-state index in [-0.39, 0.29) is 22.9 Å². The van der Waals surface area contributed by atoms with Gasteiger partial charge in [0.25, 0.3) is 0 Å². The van der Waals surface area contributed by atoms with Crippen molar-refractivity contribution in [2.45, 2.75) is 18.3 Å². The molecule has 0 saturated carbocycles. The minimum atomic E-state index is -1.35. The van der Waals surface area contributed by atoms with E-state index in [1.807, 2.05) is 30.3 Å². The lowest BCUT2D eigenvalue weighted by Gasteiger charge is -2.35. The number of ether oxygens (including phenoxy) is 2. The van der Waals surface area contributed by atoms with Crippen molar-refractivity contribution in [2.24, 2.45) is 0 Å². The van der Waals surface area contributed by atoms with Crippen molar-refractivity contribution in [3.63, 3.8) is 0 Å². The molecule has 3 atom stereocenters. The lowest BCUT2D eigenvalue weighted by atomic mass is 10.1. The molecule has 3 rings (SSSR count). The first kappa shape index (κ1) is 11.5. The summed E-state index contributed by atoms with van der Waals surface area (Å²) in [7, 11) is -1.35. The van der Waals surface area contributed by atoms with Crippen molar-refractivity contribution in [3.05, 3.63) is 46.6 Å². The third-order valence-electron chi connectivity index (χ3n) is 3.13. The standard InChI is InChI=1S/C13H12O4S/c1-8-12-13(14)16-7-10(18(12)15)11(17-8)9-5-3-2-4-6-9/h2-6,10-11H,7H2,1H3. The molecule has 0 aromatic heterocycles. The van der Waals surface area contributed by atoms with Crippen LogP contribution in [0.5, 0.6) is 0 Å². The fourth-order valence-corrected chi connectivity index (χ4v) is 3.74. The first-order valence-electron chi connectivity index (χ1n) is 5.68. The molecule has 94 valence electrons. The van der Waals surface area contributed by atoms with Crippen molar-refractivity contribution < 1.29 is 18.5 Å². The van der Waals surface area contributed by atoms with Gasteiger partial charge in [0.2, 0.25) is 0 Å². The molecule has 1 saturated heterocycles. The topological polar surface area (TPSA) is 52.6 Å². The SMILES string of the molecule is CC1=C2C(=O)OCC(C(c3ccccc3)O1)S2=O. The Labute approximate surface area is 107 Å². The molecule has 0 N–H and O–H groups in total. The average molecular weight is 264 g/mol. The molecule has 3 unspecified atom stereocenters. The van der Waals surface area contributed by atoms with Crippen LogP contribution in [-0.4, -0.2) is 22.0 Å². The van der Waals surface area contributed by atoms with Crippen molar-refractivity contribution in [1.82, 2.24) is 0 Å². The fourth-order valence-electron chi connectivity index (χ4n) is 2.25. The van der Waals surface area contributed by atoms with Crippen LogP contribution >= 0.6 is 0 Å². The van der Waals surface area contributed by atoms with Crippen LogP contribution in [0.4, 0.5) is 0 Å². The number of carbonyl (C=O) groups excluding carboxylic acids is 1. The van der Waals surface area contributed by atoms with Gasteiger partial charge in [-0.05, 0) is 12.5 Å². The zero-order chi connectivity index (χ0) is 12.7. The second kappa shape index (κ2) is 4.24. The van der Waals surface area contributed by atoms with Crippen LogP contribution in [0.2, 0.25) is 0 Å². The summed E-state index contributed by atoms with van der Waals surface area (Å²) in [5.41, 5.74) is 0.951. The third-order valence-corrected chi connectivity index (χ3v) is 4.92. The molecule has 1 aromatic carbocycles. The van der Waals surface area contributed by atoms with Gasteiger partial charge in [0.1, 0.15) is 23.7 Å². The molecule has 2 aliphatic heterocycles. The Bertz CT molecular complexity index is 549. The highest BCUT2D eigenvalue weighted by Gasteiger charge is 2.45. The Balaban J connectivity index is 2.04. The smallest absolute Gasteiger partial charge is 0.350 e. The number of hydrogen-bond acceptors (Lipinski definition) is 4. The highest BCUT2D eigenvalue weighted by atomic mass is 32.2. The monoisotopic (exact) mass is 264 g/mol. The minimum Gasteiger partial charge on any atom is -0.487 e. The molecular formula is C13H12O4S. The van der Waals surface area contributed by atoms with E-state index in [1.54, 1.807) is 6.92 Å². The van der Waals surface area contributed by atoms with Gasteiger partial charge in [-0.2, -0.15) is 0 Å². The maximum Gasteiger partial charge on any atom is 0.350 e. The Morgan fingerprint density at radius 1 is 1.28 bits per heavy atom. The first-order valence-corrected chi connectivity index (χ1v) is 6.90. The van der Waals surface area contributed by atoms with Gasteiger partial charge in [-0.15, -0.1) is 0 Å². The Morgan fingerprint density at radius 3 is 2.72 bits per heavy atom. The van der Waals surface area contributed by atoms with Gasteiger partial charge >= 0.3 is 5.97 Å². The van der Waals surface area contributed by atoms with Crippen molar-refractivity contribution >= 4 is 16.8 Å². The fraction of sp³-hybridized carbons (Fsp3) is 0.308. The van der Waals surface area contributed by atoms with Crippen LogP contribution in [0.1, 0.15) is 18.6 Å². The zero-order valence-corrected chi connectivity index (χ0v) is 10.6. The summed E-state index contributed by atoms with van der Waals surface area (Å²) in [6.07, 6.45) is -0.316. The lowest BCUT2D eigenvalue weighted by molar-refractivity contribution is -0.141. The molecule has 5 heteroatoms. The summed E-state index contributed by atoms with van der Waals surface area (Å²) < 4.78 is 23.1. The molecule has 0 amide bonds. The number of allylic oxidation sites excluding steroid dienone is 1. The second-order valence-corrected chi connectivity index (χ2v) is 5.88. The van der Waals surface area contributed by atoms with E-state index in [2.05, 4.69) is 0 Å². The van der Waals surface area contributed by atoms with Crippen LogP contribution in [-0.2, 0) is 25.1 Å². The highest BCUT2D eigenvalue weighted by molar-refractivity contribution is 7.90. The normalized spacial score (nSPS) is 30.7. The predicted molar refractivity (Wildman–Crippen MR) is 65.9 cm³/mol. The molecule has 2 aliphatic rings. The summed E-state index contributed by atoms with van der Waals surface area (Å²) >= 11 is 0. The van der Waals surface area contributed by atoms with E-state index in [4.69, 9.17) is 9.47 Å². The van der Waals surface area contributed by atoms with Crippen molar-refractivity contribution in [2.75, 3.05) is 6.61 Å². The van der Waals surface area contributed by atoms with Gasteiger partial charge in [0, 0.05) is 0 Å². The quantitative estimate of drug-likeness (QED) is 0.724. The molecule has 1 aromatic rings. The summed E-state index contributed by atoms with van der Waals surface area (Å²) in [5, 5.41) is -0.316. The highest BCUT2D eigenvalue weighted by Crippen LogP contribution is 2.38. The summed E-state index contributed by atoms with van der Waals surface area (Å²) in [6.45, 7) is 1.80. The van der Waals surface area contributed by atoms with E-state index in [1.165, 1.54) is 0 Å². The Kier molecular flexibility index (Phi) is 2.70. The first-order chi connectivity index (χ1) is 8.68. The molecule has 0 radical (unpaired) electrons. The second-order valence-electron chi connectivity index (χ2n) is 4.27. The van der Waals surface area contributed by atoms with E-state index in [0.717, 1.165) is 5.56 Å². The number of rotatable bonds is 1. The summed E-state index contributed by atoms with van der Waals surface area (Å²) in [4.78, 5) is 11.7. The van der Waals surface area contributed by atoms with Gasteiger partial charge in [-0.25, -0.2) is 4.79 Å². The molecule has 18 heavy (non-hydrogen) atoms. The zero-order valence-electron chi connectivity index (χ0n) is 9.79. The number of carbonyl (C=O) groups is 1. The van der Waals surface area contributed by atoms with Crippen LogP contribution in [0, 0.1) is 0 Å².